The quantitative estimate of drug-likeness (QED) is 0.768. The Morgan fingerprint density at radius 2 is 2.12 bits per heavy atom. The summed E-state index contributed by atoms with van der Waals surface area (Å²) < 4.78 is 18.4. The van der Waals surface area contributed by atoms with Crippen molar-refractivity contribution in [2.45, 2.75) is 24.0 Å². The summed E-state index contributed by atoms with van der Waals surface area (Å²) in [4.78, 5) is 4.70. The van der Waals surface area contributed by atoms with E-state index in [-0.39, 0.29) is 11.1 Å². The first-order valence-electron chi connectivity index (χ1n) is 4.88. The number of aromatic nitrogens is 2. The summed E-state index contributed by atoms with van der Waals surface area (Å²) >= 11 is 1.37. The summed E-state index contributed by atoms with van der Waals surface area (Å²) in [5, 5.41) is 3.65. The minimum atomic E-state index is -0.226. The van der Waals surface area contributed by atoms with E-state index in [4.69, 9.17) is 4.52 Å². The zero-order chi connectivity index (χ0) is 11.5. The van der Waals surface area contributed by atoms with Crippen LogP contribution >= 0.6 is 11.8 Å². The predicted octanol–water partition coefficient (Wildman–Crippen LogP) is 3.37. The van der Waals surface area contributed by atoms with Crippen molar-refractivity contribution in [3.05, 3.63) is 41.8 Å². The van der Waals surface area contributed by atoms with E-state index in [1.54, 1.807) is 25.1 Å². The Kier molecular flexibility index (Phi) is 3.24. The number of benzene rings is 1. The Hall–Kier alpha value is -1.36. The topological polar surface area (TPSA) is 38.9 Å². The van der Waals surface area contributed by atoms with Crippen molar-refractivity contribution >= 4 is 11.8 Å². The van der Waals surface area contributed by atoms with Gasteiger partial charge < -0.3 is 4.52 Å². The molecule has 1 aromatic heterocycles. The van der Waals surface area contributed by atoms with Gasteiger partial charge in [0.1, 0.15) is 5.82 Å². The van der Waals surface area contributed by atoms with Gasteiger partial charge >= 0.3 is 0 Å². The van der Waals surface area contributed by atoms with Crippen molar-refractivity contribution in [3.63, 3.8) is 0 Å². The molecule has 0 radical (unpaired) electrons. The highest BCUT2D eigenvalue weighted by atomic mass is 32.2. The van der Waals surface area contributed by atoms with E-state index in [0.29, 0.717) is 16.6 Å². The van der Waals surface area contributed by atoms with E-state index in [0.717, 1.165) is 0 Å². The molecule has 0 fully saturated rings. The van der Waals surface area contributed by atoms with Crippen molar-refractivity contribution in [2.24, 2.45) is 0 Å². The standard InChI is InChI=1S/C11H11FN2OS/c1-7(11-13-8(2)14-15-11)16-10-6-4-3-5-9(10)12/h3-7H,1-2H3/t7-/m0/s1. The van der Waals surface area contributed by atoms with Crippen molar-refractivity contribution < 1.29 is 8.91 Å². The molecule has 0 saturated carbocycles. The first-order chi connectivity index (χ1) is 7.66. The van der Waals surface area contributed by atoms with E-state index in [2.05, 4.69) is 10.1 Å². The van der Waals surface area contributed by atoms with Crippen molar-refractivity contribution in [1.29, 1.82) is 0 Å². The monoisotopic (exact) mass is 238 g/mol. The number of aryl methyl sites for hydroxylation is 1. The predicted molar refractivity (Wildman–Crippen MR) is 59.7 cm³/mol. The van der Waals surface area contributed by atoms with Gasteiger partial charge in [-0.1, -0.05) is 17.3 Å². The van der Waals surface area contributed by atoms with Crippen LogP contribution in [0.15, 0.2) is 33.7 Å². The number of hydrogen-bond donors (Lipinski definition) is 0. The lowest BCUT2D eigenvalue weighted by atomic mass is 10.3. The van der Waals surface area contributed by atoms with Gasteiger partial charge in [-0.3, -0.25) is 0 Å². The number of thioether (sulfide) groups is 1. The molecule has 2 rings (SSSR count). The normalized spacial score (nSPS) is 12.7. The van der Waals surface area contributed by atoms with Gasteiger partial charge in [0.15, 0.2) is 5.82 Å². The molecule has 1 atom stereocenters. The first-order valence-corrected chi connectivity index (χ1v) is 5.76. The second-order valence-electron chi connectivity index (χ2n) is 3.37. The highest BCUT2D eigenvalue weighted by molar-refractivity contribution is 7.99. The average molecular weight is 238 g/mol. The van der Waals surface area contributed by atoms with Crippen LogP contribution in [0.1, 0.15) is 23.9 Å². The molecule has 1 heterocycles. The molecule has 5 heteroatoms. The SMILES string of the molecule is Cc1noc([C@H](C)Sc2ccccc2F)n1. The van der Waals surface area contributed by atoms with Gasteiger partial charge in [-0.15, -0.1) is 11.8 Å². The van der Waals surface area contributed by atoms with Gasteiger partial charge in [-0.25, -0.2) is 4.39 Å². The van der Waals surface area contributed by atoms with Crippen LogP contribution in [-0.4, -0.2) is 10.1 Å². The molecule has 0 saturated heterocycles. The van der Waals surface area contributed by atoms with E-state index in [1.807, 2.05) is 6.92 Å². The fourth-order valence-electron chi connectivity index (χ4n) is 1.26. The molecule has 0 aliphatic rings. The van der Waals surface area contributed by atoms with Gasteiger partial charge in [0, 0.05) is 4.90 Å². The van der Waals surface area contributed by atoms with Gasteiger partial charge in [-0.05, 0) is 26.0 Å². The molecule has 3 nitrogen and oxygen atoms in total. The number of nitrogens with zero attached hydrogens (tertiary/aromatic N) is 2. The second kappa shape index (κ2) is 4.65. The minimum absolute atomic E-state index is 0.0573. The van der Waals surface area contributed by atoms with Crippen molar-refractivity contribution in [1.82, 2.24) is 10.1 Å². The summed E-state index contributed by atoms with van der Waals surface area (Å²) in [5.41, 5.74) is 0. The largest absolute Gasteiger partial charge is 0.338 e. The van der Waals surface area contributed by atoms with Crippen LogP contribution in [0.5, 0.6) is 0 Å². The molecule has 0 unspecified atom stereocenters. The molecule has 0 aliphatic carbocycles. The van der Waals surface area contributed by atoms with Gasteiger partial charge in [0.2, 0.25) is 5.89 Å². The summed E-state index contributed by atoms with van der Waals surface area (Å²) in [6.45, 7) is 3.66. The highest BCUT2D eigenvalue weighted by Gasteiger charge is 2.15. The fourth-order valence-corrected chi connectivity index (χ4v) is 2.17. The molecular weight excluding hydrogens is 227 g/mol. The molecule has 84 valence electrons. The van der Waals surface area contributed by atoms with Crippen LogP contribution in [0.25, 0.3) is 0 Å². The third kappa shape index (κ3) is 2.41. The third-order valence-corrected chi connectivity index (χ3v) is 3.17. The molecule has 0 bridgehead atoms. The van der Waals surface area contributed by atoms with Gasteiger partial charge in [0.25, 0.3) is 0 Å². The zero-order valence-electron chi connectivity index (χ0n) is 8.98. The first kappa shape index (κ1) is 11.1. The van der Waals surface area contributed by atoms with Crippen molar-refractivity contribution in [3.8, 4) is 0 Å². The fraction of sp³-hybridized carbons (Fsp3) is 0.273. The third-order valence-electron chi connectivity index (χ3n) is 2.03. The number of halogens is 1. The van der Waals surface area contributed by atoms with Gasteiger partial charge in [-0.2, -0.15) is 4.98 Å². The minimum Gasteiger partial charge on any atom is -0.338 e. The van der Waals surface area contributed by atoms with Crippen LogP contribution in [-0.2, 0) is 0 Å². The molecule has 1 aromatic carbocycles. The molecule has 0 amide bonds. The molecule has 0 aliphatic heterocycles. The second-order valence-corrected chi connectivity index (χ2v) is 4.75. The molecular formula is C11H11FN2OS. The Labute approximate surface area is 97.1 Å². The number of rotatable bonds is 3. The highest BCUT2D eigenvalue weighted by Crippen LogP contribution is 2.34. The molecule has 0 spiro atoms. The number of hydrogen-bond acceptors (Lipinski definition) is 4. The molecule has 0 N–H and O–H groups in total. The van der Waals surface area contributed by atoms with Crippen LogP contribution in [0.4, 0.5) is 4.39 Å². The lowest BCUT2D eigenvalue weighted by molar-refractivity contribution is 0.376. The van der Waals surface area contributed by atoms with E-state index in [9.17, 15) is 4.39 Å². The zero-order valence-corrected chi connectivity index (χ0v) is 9.79. The maximum absolute atomic E-state index is 13.4. The van der Waals surface area contributed by atoms with Crippen LogP contribution in [0.2, 0.25) is 0 Å². The van der Waals surface area contributed by atoms with Crippen LogP contribution in [0.3, 0.4) is 0 Å². The lowest BCUT2D eigenvalue weighted by Crippen LogP contribution is -1.90. The van der Waals surface area contributed by atoms with Crippen LogP contribution < -0.4 is 0 Å². The Balaban J connectivity index is 2.13. The van der Waals surface area contributed by atoms with Crippen LogP contribution in [0, 0.1) is 12.7 Å². The average Bonchev–Trinajstić information content (AvgIpc) is 2.68. The summed E-state index contributed by atoms with van der Waals surface area (Å²) in [5.74, 6) is 0.886. The van der Waals surface area contributed by atoms with Gasteiger partial charge in [0.05, 0.1) is 5.25 Å². The Bertz CT molecular complexity index is 486. The molecule has 16 heavy (non-hydrogen) atoms. The maximum Gasteiger partial charge on any atom is 0.239 e. The van der Waals surface area contributed by atoms with E-state index >= 15 is 0 Å². The smallest absolute Gasteiger partial charge is 0.239 e. The molecule has 2 aromatic rings. The summed E-state index contributed by atoms with van der Waals surface area (Å²) in [6.07, 6.45) is 0. The Morgan fingerprint density at radius 3 is 2.75 bits per heavy atom. The Morgan fingerprint density at radius 1 is 1.38 bits per heavy atom. The summed E-state index contributed by atoms with van der Waals surface area (Å²) in [7, 11) is 0. The lowest BCUT2D eigenvalue weighted by Gasteiger charge is -2.06. The summed E-state index contributed by atoms with van der Waals surface area (Å²) in [6, 6.07) is 6.64. The van der Waals surface area contributed by atoms with E-state index in [1.165, 1.54) is 17.8 Å². The maximum atomic E-state index is 13.4. The van der Waals surface area contributed by atoms with Crippen molar-refractivity contribution in [2.75, 3.05) is 0 Å². The van der Waals surface area contributed by atoms with E-state index < -0.39 is 0 Å².